The summed E-state index contributed by atoms with van der Waals surface area (Å²) in [5.41, 5.74) is 7.26. The third-order valence-corrected chi connectivity index (χ3v) is 9.48. The molecule has 0 unspecified atom stereocenters. The number of hydrogen-bond donors (Lipinski definition) is 0. The van der Waals surface area contributed by atoms with E-state index in [1.165, 1.54) is 87.3 Å². The van der Waals surface area contributed by atoms with Crippen molar-refractivity contribution in [2.75, 3.05) is 0 Å². The summed E-state index contributed by atoms with van der Waals surface area (Å²) in [7, 11) is 0. The SMILES string of the molecule is c1ccc2c(c1)c1ccccc1c1c(-n3c4ccccc4c4cc(-n5c6ccccc6c6ccccc65)ccc43)cccc21. The Morgan fingerprint density at radius 2 is 0.682 bits per heavy atom. The molecule has 0 saturated heterocycles. The third-order valence-electron chi connectivity index (χ3n) is 9.48. The minimum atomic E-state index is 1.17. The molecule has 0 fully saturated rings. The average molecular weight is 559 g/mol. The van der Waals surface area contributed by atoms with E-state index in [0.29, 0.717) is 0 Å². The van der Waals surface area contributed by atoms with Crippen molar-refractivity contribution in [1.82, 2.24) is 9.13 Å². The molecule has 0 N–H and O–H groups in total. The maximum Gasteiger partial charge on any atom is 0.0547 e. The molecule has 8 aromatic carbocycles. The van der Waals surface area contributed by atoms with Crippen LogP contribution in [0.1, 0.15) is 0 Å². The Balaban J connectivity index is 1.33. The van der Waals surface area contributed by atoms with Gasteiger partial charge in [0.1, 0.15) is 0 Å². The van der Waals surface area contributed by atoms with Crippen molar-refractivity contribution in [1.29, 1.82) is 0 Å². The standard InChI is InChI=1S/C42H26N2/c1-2-13-30-28(12-1)29-14-3-4-18-34(29)42-35(30)19-11-23-41(42)44-39-22-10-7-17-33(39)36-26-27(24-25-40(36)44)43-37-20-8-5-15-31(37)32-16-6-9-21-38(32)43/h1-26H. The second-order valence-electron chi connectivity index (χ2n) is 11.7. The highest BCUT2D eigenvalue weighted by molar-refractivity contribution is 6.28. The summed E-state index contributed by atoms with van der Waals surface area (Å²) in [5.74, 6) is 0. The molecule has 0 saturated carbocycles. The molecule has 0 spiro atoms. The van der Waals surface area contributed by atoms with E-state index in [1.807, 2.05) is 0 Å². The normalized spacial score (nSPS) is 12.1. The molecule has 0 amide bonds. The van der Waals surface area contributed by atoms with Gasteiger partial charge in [-0.2, -0.15) is 0 Å². The van der Waals surface area contributed by atoms with E-state index in [9.17, 15) is 0 Å². The van der Waals surface area contributed by atoms with Crippen molar-refractivity contribution in [2.45, 2.75) is 0 Å². The van der Waals surface area contributed by atoms with E-state index in [2.05, 4.69) is 167 Å². The molecule has 2 heteroatoms. The Kier molecular flexibility index (Phi) is 4.75. The lowest BCUT2D eigenvalue weighted by Gasteiger charge is -2.16. The lowest BCUT2D eigenvalue weighted by atomic mass is 9.93. The summed E-state index contributed by atoms with van der Waals surface area (Å²) in [6.07, 6.45) is 0. The van der Waals surface area contributed by atoms with Gasteiger partial charge in [-0.1, -0.05) is 115 Å². The highest BCUT2D eigenvalue weighted by Crippen LogP contribution is 2.42. The van der Waals surface area contributed by atoms with Crippen molar-refractivity contribution >= 4 is 75.9 Å². The zero-order valence-electron chi connectivity index (χ0n) is 23.9. The number of nitrogens with zero attached hydrogens (tertiary/aromatic N) is 2. The quantitative estimate of drug-likeness (QED) is 0.187. The van der Waals surface area contributed by atoms with Crippen LogP contribution < -0.4 is 0 Å². The molecule has 0 aliphatic rings. The monoisotopic (exact) mass is 558 g/mol. The Labute approximate surface area is 253 Å². The smallest absolute Gasteiger partial charge is 0.0547 e. The maximum atomic E-state index is 2.48. The number of rotatable bonds is 2. The van der Waals surface area contributed by atoms with Gasteiger partial charge in [-0.3, -0.25) is 0 Å². The van der Waals surface area contributed by atoms with Crippen LogP contribution in [0.5, 0.6) is 0 Å². The lowest BCUT2D eigenvalue weighted by molar-refractivity contribution is 1.17. The van der Waals surface area contributed by atoms with Gasteiger partial charge >= 0.3 is 0 Å². The van der Waals surface area contributed by atoms with Gasteiger partial charge in [0.25, 0.3) is 0 Å². The van der Waals surface area contributed by atoms with Crippen LogP contribution in [0.4, 0.5) is 0 Å². The Bertz CT molecular complexity index is 2680. The van der Waals surface area contributed by atoms with Gasteiger partial charge in [0.05, 0.1) is 27.8 Å². The van der Waals surface area contributed by atoms with Crippen LogP contribution in [-0.2, 0) is 0 Å². The van der Waals surface area contributed by atoms with Crippen LogP contribution >= 0.6 is 0 Å². The van der Waals surface area contributed by atoms with E-state index in [4.69, 9.17) is 0 Å². The van der Waals surface area contributed by atoms with Gasteiger partial charge in [-0.15, -0.1) is 0 Å². The Hall–Kier alpha value is -5.86. The molecule has 10 aromatic rings. The zero-order valence-corrected chi connectivity index (χ0v) is 23.9. The zero-order chi connectivity index (χ0) is 28.8. The largest absolute Gasteiger partial charge is 0.309 e. The first-order valence-corrected chi connectivity index (χ1v) is 15.2. The van der Waals surface area contributed by atoms with Crippen molar-refractivity contribution in [3.63, 3.8) is 0 Å². The molecule has 0 radical (unpaired) electrons. The average Bonchev–Trinajstić information content (AvgIpc) is 3.61. The van der Waals surface area contributed by atoms with Gasteiger partial charge < -0.3 is 9.13 Å². The molecule has 2 nitrogen and oxygen atoms in total. The number of aromatic nitrogens is 2. The number of fused-ring (bicyclic) bond motifs is 12. The molecule has 0 atom stereocenters. The maximum absolute atomic E-state index is 2.48. The summed E-state index contributed by atoms with van der Waals surface area (Å²) in [6, 6.07) is 57.7. The molecule has 2 heterocycles. The minimum absolute atomic E-state index is 1.17. The van der Waals surface area contributed by atoms with Crippen molar-refractivity contribution < 1.29 is 0 Å². The third kappa shape index (κ3) is 3.09. The van der Waals surface area contributed by atoms with Gasteiger partial charge in [-0.05, 0) is 69.4 Å². The van der Waals surface area contributed by atoms with Crippen LogP contribution in [0.3, 0.4) is 0 Å². The minimum Gasteiger partial charge on any atom is -0.309 e. The molecule has 204 valence electrons. The van der Waals surface area contributed by atoms with Gasteiger partial charge in [0.15, 0.2) is 0 Å². The molecule has 0 aliphatic heterocycles. The van der Waals surface area contributed by atoms with Crippen molar-refractivity contribution in [3.8, 4) is 11.4 Å². The summed E-state index contributed by atoms with van der Waals surface area (Å²) >= 11 is 0. The molecule has 0 bridgehead atoms. The van der Waals surface area contributed by atoms with Crippen molar-refractivity contribution in [3.05, 3.63) is 158 Å². The first-order chi connectivity index (χ1) is 21.9. The van der Waals surface area contributed by atoms with E-state index < -0.39 is 0 Å². The summed E-state index contributed by atoms with van der Waals surface area (Å²) in [6.45, 7) is 0. The number of benzene rings is 8. The van der Waals surface area contributed by atoms with E-state index in [-0.39, 0.29) is 0 Å². The predicted molar refractivity (Wildman–Crippen MR) is 188 cm³/mol. The molecular formula is C42H26N2. The van der Waals surface area contributed by atoms with E-state index >= 15 is 0 Å². The summed E-state index contributed by atoms with van der Waals surface area (Å²) in [4.78, 5) is 0. The fraction of sp³-hybridized carbons (Fsp3) is 0. The fourth-order valence-corrected chi connectivity index (χ4v) is 7.68. The molecule has 2 aromatic heterocycles. The second-order valence-corrected chi connectivity index (χ2v) is 11.7. The Morgan fingerprint density at radius 1 is 0.273 bits per heavy atom. The Morgan fingerprint density at radius 3 is 1.27 bits per heavy atom. The van der Waals surface area contributed by atoms with Crippen LogP contribution in [0.2, 0.25) is 0 Å². The van der Waals surface area contributed by atoms with Gasteiger partial charge in [0.2, 0.25) is 0 Å². The summed E-state index contributed by atoms with van der Waals surface area (Å²) < 4.78 is 4.89. The fourth-order valence-electron chi connectivity index (χ4n) is 7.68. The van der Waals surface area contributed by atoms with Gasteiger partial charge in [0, 0.05) is 32.6 Å². The molecular weight excluding hydrogens is 532 g/mol. The first kappa shape index (κ1) is 23.7. The lowest BCUT2D eigenvalue weighted by Crippen LogP contribution is -1.97. The molecule has 44 heavy (non-hydrogen) atoms. The second kappa shape index (κ2) is 8.82. The molecule has 0 aliphatic carbocycles. The molecule has 10 rings (SSSR count). The van der Waals surface area contributed by atoms with Crippen LogP contribution in [0, 0.1) is 0 Å². The highest BCUT2D eigenvalue weighted by Gasteiger charge is 2.19. The predicted octanol–water partition coefficient (Wildman–Crippen LogP) is 11.3. The van der Waals surface area contributed by atoms with Gasteiger partial charge in [-0.25, -0.2) is 0 Å². The highest BCUT2D eigenvalue weighted by atomic mass is 15.0. The topological polar surface area (TPSA) is 9.86 Å². The van der Waals surface area contributed by atoms with Crippen LogP contribution in [0.15, 0.2) is 158 Å². The van der Waals surface area contributed by atoms with E-state index in [0.717, 1.165) is 0 Å². The number of hydrogen-bond acceptors (Lipinski definition) is 0. The van der Waals surface area contributed by atoms with E-state index in [1.54, 1.807) is 0 Å². The first-order valence-electron chi connectivity index (χ1n) is 15.2. The van der Waals surface area contributed by atoms with Crippen molar-refractivity contribution in [2.24, 2.45) is 0 Å². The van der Waals surface area contributed by atoms with Crippen LogP contribution in [0.25, 0.3) is 87.3 Å². The number of para-hydroxylation sites is 3. The van der Waals surface area contributed by atoms with Crippen LogP contribution in [-0.4, -0.2) is 9.13 Å². The summed E-state index contributed by atoms with van der Waals surface area (Å²) in [5, 5.41) is 12.8.